The number of carbonyl (C=O) groups is 1. The van der Waals surface area contributed by atoms with Gasteiger partial charge in [0.2, 0.25) is 0 Å². The maximum absolute atomic E-state index is 11.8. The molecule has 0 aromatic heterocycles. The lowest BCUT2D eigenvalue weighted by Gasteiger charge is -2.10. The standard InChI is InChI=1S/C17H18O2S/c1-2-16(18)15-10-6-7-11-17(15)19-12-13-20-14-8-4-3-5-9-14/h3-11H,2,12-13H2,1H3. The van der Waals surface area contributed by atoms with Crippen molar-refractivity contribution >= 4 is 17.5 Å². The maximum Gasteiger partial charge on any atom is 0.166 e. The number of Topliss-reactive ketones (excluding diaryl/α,β-unsaturated/α-hetero) is 1. The van der Waals surface area contributed by atoms with Crippen molar-refractivity contribution in [2.24, 2.45) is 0 Å². The minimum Gasteiger partial charge on any atom is -0.492 e. The Balaban J connectivity index is 1.87. The Morgan fingerprint density at radius 1 is 1.05 bits per heavy atom. The summed E-state index contributed by atoms with van der Waals surface area (Å²) in [5.41, 5.74) is 0.680. The number of carbonyl (C=O) groups excluding carboxylic acids is 1. The molecule has 3 heteroatoms. The molecule has 0 spiro atoms. The molecule has 0 N–H and O–H groups in total. The Morgan fingerprint density at radius 2 is 1.75 bits per heavy atom. The molecule has 0 amide bonds. The molecule has 2 aromatic rings. The monoisotopic (exact) mass is 286 g/mol. The highest BCUT2D eigenvalue weighted by Gasteiger charge is 2.09. The molecule has 0 aliphatic heterocycles. The summed E-state index contributed by atoms with van der Waals surface area (Å²) >= 11 is 1.75. The number of ketones is 1. The Kier molecular flexibility index (Phi) is 5.69. The smallest absolute Gasteiger partial charge is 0.166 e. The molecule has 20 heavy (non-hydrogen) atoms. The van der Waals surface area contributed by atoms with Crippen LogP contribution in [-0.2, 0) is 0 Å². The van der Waals surface area contributed by atoms with Crippen LogP contribution in [0.2, 0.25) is 0 Å². The van der Waals surface area contributed by atoms with E-state index in [4.69, 9.17) is 4.74 Å². The minimum absolute atomic E-state index is 0.122. The summed E-state index contributed by atoms with van der Waals surface area (Å²) in [5, 5.41) is 0. The molecular weight excluding hydrogens is 268 g/mol. The molecule has 0 radical (unpaired) electrons. The molecule has 0 aliphatic carbocycles. The van der Waals surface area contributed by atoms with Gasteiger partial charge in [-0.1, -0.05) is 37.3 Å². The number of hydrogen-bond donors (Lipinski definition) is 0. The molecule has 0 unspecified atom stereocenters. The number of thioether (sulfide) groups is 1. The lowest BCUT2D eigenvalue weighted by atomic mass is 10.1. The second-order valence-corrected chi connectivity index (χ2v) is 5.45. The first kappa shape index (κ1) is 14.7. The minimum atomic E-state index is 0.122. The fourth-order valence-corrected chi connectivity index (χ4v) is 2.59. The zero-order chi connectivity index (χ0) is 14.2. The van der Waals surface area contributed by atoms with E-state index in [1.807, 2.05) is 49.4 Å². The van der Waals surface area contributed by atoms with Crippen molar-refractivity contribution in [1.29, 1.82) is 0 Å². The average molecular weight is 286 g/mol. The van der Waals surface area contributed by atoms with Crippen molar-refractivity contribution in [2.75, 3.05) is 12.4 Å². The van der Waals surface area contributed by atoms with E-state index >= 15 is 0 Å². The number of ether oxygens (including phenoxy) is 1. The van der Waals surface area contributed by atoms with Gasteiger partial charge in [0, 0.05) is 17.1 Å². The van der Waals surface area contributed by atoms with E-state index in [2.05, 4.69) is 12.1 Å². The summed E-state index contributed by atoms with van der Waals surface area (Å²) < 4.78 is 5.74. The fraction of sp³-hybridized carbons (Fsp3) is 0.235. The fourth-order valence-electron chi connectivity index (χ4n) is 1.84. The number of benzene rings is 2. The van der Waals surface area contributed by atoms with Gasteiger partial charge in [-0.3, -0.25) is 4.79 Å². The van der Waals surface area contributed by atoms with Crippen molar-refractivity contribution in [3.8, 4) is 5.75 Å². The topological polar surface area (TPSA) is 26.3 Å². The molecule has 2 aromatic carbocycles. The molecule has 0 fully saturated rings. The first-order chi connectivity index (χ1) is 9.81. The van der Waals surface area contributed by atoms with E-state index in [1.54, 1.807) is 11.8 Å². The second-order valence-electron chi connectivity index (χ2n) is 4.28. The summed E-state index contributed by atoms with van der Waals surface area (Å²) in [4.78, 5) is 13.0. The predicted octanol–water partition coefficient (Wildman–Crippen LogP) is 4.45. The predicted molar refractivity (Wildman–Crippen MR) is 83.7 cm³/mol. The Hall–Kier alpha value is -1.74. The summed E-state index contributed by atoms with van der Waals surface area (Å²) in [6.07, 6.45) is 0.499. The van der Waals surface area contributed by atoms with Crippen molar-refractivity contribution in [1.82, 2.24) is 0 Å². The third kappa shape index (κ3) is 4.14. The van der Waals surface area contributed by atoms with Crippen molar-refractivity contribution in [2.45, 2.75) is 18.2 Å². The van der Waals surface area contributed by atoms with E-state index in [1.165, 1.54) is 4.90 Å². The van der Waals surface area contributed by atoms with Crippen LogP contribution in [0.3, 0.4) is 0 Å². The first-order valence-electron chi connectivity index (χ1n) is 6.74. The van der Waals surface area contributed by atoms with Gasteiger partial charge in [0.25, 0.3) is 0 Å². The number of rotatable bonds is 7. The number of hydrogen-bond acceptors (Lipinski definition) is 3. The van der Waals surface area contributed by atoms with Gasteiger partial charge in [0.15, 0.2) is 5.78 Å². The van der Waals surface area contributed by atoms with Gasteiger partial charge >= 0.3 is 0 Å². The van der Waals surface area contributed by atoms with E-state index < -0.39 is 0 Å². The van der Waals surface area contributed by atoms with Gasteiger partial charge in [0.1, 0.15) is 5.75 Å². The van der Waals surface area contributed by atoms with Crippen LogP contribution in [0.25, 0.3) is 0 Å². The lowest BCUT2D eigenvalue weighted by Crippen LogP contribution is -2.05. The zero-order valence-electron chi connectivity index (χ0n) is 11.5. The van der Waals surface area contributed by atoms with Crippen LogP contribution >= 0.6 is 11.8 Å². The van der Waals surface area contributed by atoms with Crippen LogP contribution in [0, 0.1) is 0 Å². The van der Waals surface area contributed by atoms with Gasteiger partial charge in [-0.25, -0.2) is 0 Å². The van der Waals surface area contributed by atoms with Crippen LogP contribution in [0.15, 0.2) is 59.5 Å². The second kappa shape index (κ2) is 7.75. The van der Waals surface area contributed by atoms with Gasteiger partial charge < -0.3 is 4.74 Å². The SMILES string of the molecule is CCC(=O)c1ccccc1OCCSc1ccccc1. The van der Waals surface area contributed by atoms with E-state index in [0.29, 0.717) is 24.3 Å². The third-order valence-electron chi connectivity index (χ3n) is 2.86. The Labute approximate surface area is 124 Å². The Morgan fingerprint density at radius 3 is 2.50 bits per heavy atom. The van der Waals surface area contributed by atoms with E-state index in [0.717, 1.165) is 5.75 Å². The quantitative estimate of drug-likeness (QED) is 0.427. The van der Waals surface area contributed by atoms with Gasteiger partial charge in [-0.2, -0.15) is 0 Å². The largest absolute Gasteiger partial charge is 0.492 e. The zero-order valence-corrected chi connectivity index (χ0v) is 12.4. The number of para-hydroxylation sites is 1. The molecule has 0 heterocycles. The van der Waals surface area contributed by atoms with Crippen LogP contribution in [-0.4, -0.2) is 18.1 Å². The molecule has 0 aliphatic rings. The highest BCUT2D eigenvalue weighted by molar-refractivity contribution is 7.99. The summed E-state index contributed by atoms with van der Waals surface area (Å²) in [7, 11) is 0. The highest BCUT2D eigenvalue weighted by Crippen LogP contribution is 2.21. The van der Waals surface area contributed by atoms with E-state index in [9.17, 15) is 4.79 Å². The molecule has 0 saturated carbocycles. The third-order valence-corrected chi connectivity index (χ3v) is 3.84. The van der Waals surface area contributed by atoms with Crippen molar-refractivity contribution in [3.05, 3.63) is 60.2 Å². The molecule has 0 bridgehead atoms. The Bertz CT molecular complexity index is 552. The molecule has 0 saturated heterocycles. The van der Waals surface area contributed by atoms with Crippen LogP contribution < -0.4 is 4.74 Å². The van der Waals surface area contributed by atoms with Crippen molar-refractivity contribution in [3.63, 3.8) is 0 Å². The molecule has 2 rings (SSSR count). The van der Waals surface area contributed by atoms with Gasteiger partial charge in [-0.15, -0.1) is 11.8 Å². The molecule has 104 valence electrons. The lowest BCUT2D eigenvalue weighted by molar-refractivity contribution is 0.0984. The summed E-state index contributed by atoms with van der Waals surface area (Å²) in [6.45, 7) is 2.46. The summed E-state index contributed by atoms with van der Waals surface area (Å²) in [5.74, 6) is 1.67. The molecular formula is C17H18O2S. The first-order valence-corrected chi connectivity index (χ1v) is 7.72. The van der Waals surface area contributed by atoms with Crippen LogP contribution in [0.1, 0.15) is 23.7 Å². The summed E-state index contributed by atoms with van der Waals surface area (Å²) in [6, 6.07) is 17.7. The van der Waals surface area contributed by atoms with Gasteiger partial charge in [0.05, 0.1) is 12.2 Å². The normalized spacial score (nSPS) is 10.2. The average Bonchev–Trinajstić information content (AvgIpc) is 2.52. The van der Waals surface area contributed by atoms with Crippen LogP contribution in [0.4, 0.5) is 0 Å². The maximum atomic E-state index is 11.8. The van der Waals surface area contributed by atoms with Gasteiger partial charge in [-0.05, 0) is 24.3 Å². The highest BCUT2D eigenvalue weighted by atomic mass is 32.2. The van der Waals surface area contributed by atoms with Crippen molar-refractivity contribution < 1.29 is 9.53 Å². The van der Waals surface area contributed by atoms with E-state index in [-0.39, 0.29) is 5.78 Å². The molecule has 0 atom stereocenters. The molecule has 2 nitrogen and oxygen atoms in total. The van der Waals surface area contributed by atoms with Crippen LogP contribution in [0.5, 0.6) is 5.75 Å².